The molecule has 0 saturated carbocycles. The first-order valence-corrected chi connectivity index (χ1v) is 15.5. The molecule has 224 valence electrons. The van der Waals surface area contributed by atoms with E-state index in [1.54, 1.807) is 29.6 Å². The number of H-pyrrole nitrogens is 2. The van der Waals surface area contributed by atoms with Gasteiger partial charge in [-0.15, -0.1) is 0 Å². The van der Waals surface area contributed by atoms with Crippen LogP contribution in [0.25, 0.3) is 55.6 Å². The van der Waals surface area contributed by atoms with Crippen LogP contribution in [0.4, 0.5) is 10.1 Å². The molecule has 0 saturated heterocycles. The molecule has 0 fully saturated rings. The smallest absolute Gasteiger partial charge is 0.238 e. The molecule has 0 aliphatic heterocycles. The van der Waals surface area contributed by atoms with Crippen molar-refractivity contribution in [3.8, 4) is 33.6 Å². The molecule has 0 aliphatic rings. The highest BCUT2D eigenvalue weighted by Crippen LogP contribution is 2.36. The molecule has 4 heterocycles. The van der Waals surface area contributed by atoms with Crippen LogP contribution in [0.5, 0.6) is 0 Å². The predicted molar refractivity (Wildman–Crippen MR) is 169 cm³/mol. The van der Waals surface area contributed by atoms with Gasteiger partial charge in [-0.25, -0.2) is 17.8 Å². The number of benzene rings is 2. The Balaban J connectivity index is 1.39. The summed E-state index contributed by atoms with van der Waals surface area (Å²) in [5.74, 6) is -0.733. The maximum atomic E-state index is 14.7. The number of nitrogens with two attached hydrogens (primary N) is 1. The van der Waals surface area contributed by atoms with E-state index in [1.807, 2.05) is 50.5 Å². The van der Waals surface area contributed by atoms with Crippen LogP contribution in [0.2, 0.25) is 0 Å². The molecule has 1 unspecified atom stereocenters. The number of fused-ring (bicyclic) bond motifs is 2. The van der Waals surface area contributed by atoms with Crippen LogP contribution in [0.15, 0.2) is 73.2 Å². The van der Waals surface area contributed by atoms with Gasteiger partial charge in [-0.1, -0.05) is 12.1 Å². The number of likely N-dealkylation sites (N-methyl/N-ethyl adjacent to an activating group) is 1. The van der Waals surface area contributed by atoms with E-state index < -0.39 is 21.0 Å². The predicted octanol–water partition coefficient (Wildman–Crippen LogP) is 4.48. The van der Waals surface area contributed by atoms with Crippen molar-refractivity contribution in [1.29, 1.82) is 0 Å². The van der Waals surface area contributed by atoms with Gasteiger partial charge in [0, 0.05) is 46.1 Å². The lowest BCUT2D eigenvalue weighted by atomic mass is 9.99. The van der Waals surface area contributed by atoms with Crippen molar-refractivity contribution in [2.75, 3.05) is 32.2 Å². The number of hydrogen-bond donors (Lipinski definition) is 4. The van der Waals surface area contributed by atoms with Crippen molar-refractivity contribution in [2.24, 2.45) is 5.73 Å². The topological polar surface area (TPSA) is 163 Å². The molecule has 2 aromatic carbocycles. The lowest BCUT2D eigenvalue weighted by molar-refractivity contribution is -0.116. The zero-order valence-corrected chi connectivity index (χ0v) is 24.9. The first-order chi connectivity index (χ1) is 21.0. The fraction of sp³-hybridized carbons (Fsp3) is 0.161. The first-order valence-electron chi connectivity index (χ1n) is 13.6. The number of sulfone groups is 1. The molecule has 11 nitrogen and oxygen atoms in total. The van der Waals surface area contributed by atoms with Crippen LogP contribution < -0.4 is 11.1 Å². The Kier molecular flexibility index (Phi) is 7.45. The summed E-state index contributed by atoms with van der Waals surface area (Å²) in [6.07, 6.45) is 6.00. The summed E-state index contributed by atoms with van der Waals surface area (Å²) in [5.41, 5.74) is 12.1. The maximum Gasteiger partial charge on any atom is 0.238 e. The Hall–Kier alpha value is -4.98. The molecule has 4 aromatic heterocycles. The van der Waals surface area contributed by atoms with E-state index in [0.717, 1.165) is 45.4 Å². The summed E-state index contributed by atoms with van der Waals surface area (Å²) in [5, 5.41) is 10.5. The summed E-state index contributed by atoms with van der Waals surface area (Å²) in [4.78, 5) is 26.3. The monoisotopic (exact) mass is 612 g/mol. The Labute approximate surface area is 252 Å². The van der Waals surface area contributed by atoms with E-state index in [9.17, 15) is 17.6 Å². The van der Waals surface area contributed by atoms with Gasteiger partial charge in [0.05, 0.1) is 29.8 Å². The van der Waals surface area contributed by atoms with Crippen molar-refractivity contribution in [1.82, 2.24) is 30.0 Å². The molecule has 44 heavy (non-hydrogen) atoms. The number of aromatic nitrogens is 5. The van der Waals surface area contributed by atoms with Crippen LogP contribution in [0, 0.1) is 5.82 Å². The van der Waals surface area contributed by atoms with Crippen molar-refractivity contribution in [3.05, 3.63) is 84.6 Å². The number of pyridine rings is 2. The maximum absolute atomic E-state index is 14.7. The Bertz CT molecular complexity index is 2160. The van der Waals surface area contributed by atoms with Crippen LogP contribution in [-0.2, 0) is 14.6 Å². The van der Waals surface area contributed by atoms with E-state index in [1.165, 1.54) is 6.07 Å². The van der Waals surface area contributed by atoms with Crippen molar-refractivity contribution < 1.29 is 17.6 Å². The molecule has 1 amide bonds. The second-order valence-electron chi connectivity index (χ2n) is 10.9. The Morgan fingerprint density at radius 1 is 1.02 bits per heavy atom. The zero-order chi connectivity index (χ0) is 31.2. The highest BCUT2D eigenvalue weighted by atomic mass is 32.2. The molecule has 0 aliphatic carbocycles. The first kappa shape index (κ1) is 29.1. The Morgan fingerprint density at radius 3 is 2.59 bits per heavy atom. The number of nitrogens with one attached hydrogen (secondary N) is 3. The largest absolute Gasteiger partial charge is 0.353 e. The highest BCUT2D eigenvalue weighted by molar-refractivity contribution is 7.90. The number of nitrogens with zero attached hydrogens (tertiary/aromatic N) is 4. The van der Waals surface area contributed by atoms with Gasteiger partial charge >= 0.3 is 0 Å². The fourth-order valence-electron chi connectivity index (χ4n) is 5.14. The van der Waals surface area contributed by atoms with Gasteiger partial charge in [0.1, 0.15) is 11.2 Å². The number of halogens is 1. The molecule has 5 N–H and O–H groups in total. The van der Waals surface area contributed by atoms with E-state index in [-0.39, 0.29) is 18.0 Å². The third kappa shape index (κ3) is 5.80. The van der Waals surface area contributed by atoms with Gasteiger partial charge in [-0.3, -0.25) is 14.9 Å². The van der Waals surface area contributed by atoms with Crippen LogP contribution in [-0.4, -0.2) is 71.3 Å². The van der Waals surface area contributed by atoms with Crippen molar-refractivity contribution >= 4 is 43.4 Å². The molecule has 6 aromatic rings. The average Bonchev–Trinajstić information content (AvgIpc) is 3.59. The summed E-state index contributed by atoms with van der Waals surface area (Å²) in [7, 11) is 0.00778. The van der Waals surface area contributed by atoms with E-state index in [2.05, 4.69) is 30.5 Å². The normalized spacial score (nSPS) is 12.7. The summed E-state index contributed by atoms with van der Waals surface area (Å²) < 4.78 is 38.8. The lowest BCUT2D eigenvalue weighted by Crippen LogP contribution is -2.27. The second kappa shape index (κ2) is 11.3. The summed E-state index contributed by atoms with van der Waals surface area (Å²) >= 11 is 0. The number of rotatable bonds is 8. The minimum atomic E-state index is -3.63. The number of carbonyl (C=O) groups excluding carboxylic acids is 1. The fourth-order valence-corrected chi connectivity index (χ4v) is 5.77. The Morgan fingerprint density at radius 2 is 1.82 bits per heavy atom. The quantitative estimate of drug-likeness (QED) is 0.196. The van der Waals surface area contributed by atoms with Crippen molar-refractivity contribution in [2.45, 2.75) is 5.37 Å². The van der Waals surface area contributed by atoms with Crippen LogP contribution in [0.1, 0.15) is 10.9 Å². The number of amides is 1. The number of hydrogen-bond acceptors (Lipinski definition) is 8. The molecule has 13 heteroatoms. The SMILES string of the molecule is CN(C)CC(=O)Nc1cncc(-c2cnc3n[nH]c(-c4cc5c(-c6cc(F)cc(C(N)S(C)(=O)=O)c6)cccc5[nH]4)c3c2)c1. The number of carbonyl (C=O) groups is 1. The summed E-state index contributed by atoms with van der Waals surface area (Å²) in [6.45, 7) is 0.247. The van der Waals surface area contributed by atoms with Gasteiger partial charge in [-0.2, -0.15) is 5.10 Å². The standard InChI is InChI=1S/C31H29FN8O3S/c1-40(2)16-28(41)36-22-10-19(13-34-15-22)20-11-25-29(38-39-31(25)35-14-20)27-12-24-23(5-4-6-26(24)37-27)17-7-18(9-21(32)8-17)30(33)44(3,42)43/h4-15,30,37H,16,33H2,1-3H3,(H,36,41)(H,35,38,39). The summed E-state index contributed by atoms with van der Waals surface area (Å²) in [6, 6.07) is 15.4. The average molecular weight is 613 g/mol. The number of aromatic amines is 2. The molecule has 0 bridgehead atoms. The van der Waals surface area contributed by atoms with Gasteiger partial charge in [0.25, 0.3) is 0 Å². The van der Waals surface area contributed by atoms with Crippen LogP contribution >= 0.6 is 0 Å². The minimum absolute atomic E-state index is 0.148. The molecular weight excluding hydrogens is 583 g/mol. The van der Waals surface area contributed by atoms with Gasteiger partial charge in [-0.05, 0) is 73.3 Å². The van der Waals surface area contributed by atoms with E-state index in [0.29, 0.717) is 28.2 Å². The van der Waals surface area contributed by atoms with E-state index in [4.69, 9.17) is 5.73 Å². The van der Waals surface area contributed by atoms with Gasteiger partial charge in [0.2, 0.25) is 5.91 Å². The molecule has 6 rings (SSSR count). The van der Waals surface area contributed by atoms with Crippen LogP contribution in [0.3, 0.4) is 0 Å². The third-order valence-corrected chi connectivity index (χ3v) is 8.37. The molecular formula is C31H29FN8O3S. The highest BCUT2D eigenvalue weighted by Gasteiger charge is 2.21. The minimum Gasteiger partial charge on any atom is -0.353 e. The van der Waals surface area contributed by atoms with Gasteiger partial charge < -0.3 is 20.9 Å². The van der Waals surface area contributed by atoms with Crippen molar-refractivity contribution in [3.63, 3.8) is 0 Å². The molecule has 0 radical (unpaired) electrons. The molecule has 1 atom stereocenters. The zero-order valence-electron chi connectivity index (χ0n) is 24.1. The molecule has 0 spiro atoms. The van der Waals surface area contributed by atoms with Gasteiger partial charge in [0.15, 0.2) is 15.5 Å². The lowest BCUT2D eigenvalue weighted by Gasteiger charge is -2.12. The number of anilines is 1. The second-order valence-corrected chi connectivity index (χ2v) is 13.1. The third-order valence-electron chi connectivity index (χ3n) is 7.18. The van der Waals surface area contributed by atoms with E-state index >= 15 is 0 Å².